The topological polar surface area (TPSA) is 64.0 Å². The van der Waals surface area contributed by atoms with Crippen LogP contribution in [0.5, 0.6) is 0 Å². The van der Waals surface area contributed by atoms with Crippen LogP contribution in [0.15, 0.2) is 64.5 Å². The molecule has 1 heterocycles. The van der Waals surface area contributed by atoms with Crippen molar-refractivity contribution in [3.05, 3.63) is 70.8 Å². The number of hydrogen-bond acceptors (Lipinski definition) is 4. The Balaban J connectivity index is 1.75. The van der Waals surface area contributed by atoms with Crippen molar-refractivity contribution in [2.45, 2.75) is 24.0 Å². The first-order chi connectivity index (χ1) is 11.5. The van der Waals surface area contributed by atoms with Gasteiger partial charge in [-0.3, -0.25) is 15.0 Å². The maximum Gasteiger partial charge on any atom is 0.280 e. The van der Waals surface area contributed by atoms with E-state index in [2.05, 4.69) is 10.4 Å². The van der Waals surface area contributed by atoms with Crippen molar-refractivity contribution in [3.8, 4) is 0 Å². The summed E-state index contributed by atoms with van der Waals surface area (Å²) in [6.07, 6.45) is 1.34. The fourth-order valence-corrected chi connectivity index (χ4v) is 3.09. The molecule has 0 radical (unpaired) electrons. The number of aryl methyl sites for hydroxylation is 1. The molecule has 0 fully saturated rings. The molecule has 24 heavy (non-hydrogen) atoms. The zero-order chi connectivity index (χ0) is 17.1. The van der Waals surface area contributed by atoms with E-state index < -0.39 is 0 Å². The van der Waals surface area contributed by atoms with E-state index in [9.17, 15) is 9.59 Å². The van der Waals surface area contributed by atoms with Gasteiger partial charge in [-0.1, -0.05) is 29.8 Å². The van der Waals surface area contributed by atoms with Crippen molar-refractivity contribution >= 4 is 28.6 Å². The van der Waals surface area contributed by atoms with E-state index in [-0.39, 0.29) is 16.7 Å². The van der Waals surface area contributed by atoms with Crippen molar-refractivity contribution in [1.29, 1.82) is 0 Å². The number of carbonyl (C=O) groups excluding carboxylic acids is 1. The van der Waals surface area contributed by atoms with Crippen LogP contribution in [0.1, 0.15) is 12.5 Å². The van der Waals surface area contributed by atoms with Crippen molar-refractivity contribution in [1.82, 2.24) is 9.66 Å². The van der Waals surface area contributed by atoms with Gasteiger partial charge in [-0.05, 0) is 38.1 Å². The molecule has 2 aromatic carbocycles. The Bertz CT molecular complexity index is 935. The summed E-state index contributed by atoms with van der Waals surface area (Å²) in [5.41, 5.74) is 4.10. The molecular formula is C18H17N3O2S. The van der Waals surface area contributed by atoms with Crippen LogP contribution in [0.4, 0.5) is 0 Å². The monoisotopic (exact) mass is 339 g/mol. The largest absolute Gasteiger partial charge is 0.280 e. The molecule has 1 amide bonds. The average Bonchev–Trinajstić information content (AvgIpc) is 2.59. The molecule has 0 aliphatic carbocycles. The Kier molecular flexibility index (Phi) is 4.66. The van der Waals surface area contributed by atoms with Gasteiger partial charge in [0.1, 0.15) is 6.33 Å². The lowest BCUT2D eigenvalue weighted by molar-refractivity contribution is -0.116. The number of thioether (sulfide) groups is 1. The third kappa shape index (κ3) is 3.49. The number of nitrogens with one attached hydrogen (secondary N) is 1. The molecular weight excluding hydrogens is 322 g/mol. The fourth-order valence-electron chi connectivity index (χ4n) is 2.23. The summed E-state index contributed by atoms with van der Waals surface area (Å²) < 4.78 is 1.14. The molecule has 0 saturated carbocycles. The standard InChI is InChI=1S/C18H17N3O2S/c1-12-7-9-14(10-8-12)24-13(2)17(22)20-21-11-19-16-6-4-3-5-15(16)18(21)23/h3-11,13H,1-2H3,(H,20,22). The molecule has 6 heteroatoms. The van der Waals surface area contributed by atoms with Gasteiger partial charge in [0.2, 0.25) is 0 Å². The first-order valence-corrected chi connectivity index (χ1v) is 8.43. The van der Waals surface area contributed by atoms with Gasteiger partial charge in [0.25, 0.3) is 11.5 Å². The summed E-state index contributed by atoms with van der Waals surface area (Å²) in [5.74, 6) is -0.250. The molecule has 3 aromatic rings. The van der Waals surface area contributed by atoms with E-state index >= 15 is 0 Å². The SMILES string of the molecule is Cc1ccc(SC(C)C(=O)Nn2cnc3ccccc3c2=O)cc1. The highest BCUT2D eigenvalue weighted by Crippen LogP contribution is 2.23. The molecule has 0 aliphatic rings. The molecule has 0 aliphatic heterocycles. The molecule has 3 rings (SSSR count). The number of nitrogens with zero attached hydrogens (tertiary/aromatic N) is 2. The van der Waals surface area contributed by atoms with E-state index in [1.165, 1.54) is 23.7 Å². The van der Waals surface area contributed by atoms with Crippen LogP contribution in [0.2, 0.25) is 0 Å². The van der Waals surface area contributed by atoms with Gasteiger partial charge < -0.3 is 0 Å². The quantitative estimate of drug-likeness (QED) is 0.742. The van der Waals surface area contributed by atoms with E-state index in [0.717, 1.165) is 9.57 Å². The van der Waals surface area contributed by atoms with Gasteiger partial charge in [-0.15, -0.1) is 11.8 Å². The van der Waals surface area contributed by atoms with Gasteiger partial charge in [0.05, 0.1) is 16.2 Å². The maximum atomic E-state index is 12.4. The van der Waals surface area contributed by atoms with Crippen molar-refractivity contribution in [3.63, 3.8) is 0 Å². The average molecular weight is 339 g/mol. The van der Waals surface area contributed by atoms with Crippen LogP contribution in [0.3, 0.4) is 0 Å². The van der Waals surface area contributed by atoms with Gasteiger partial charge in [0.15, 0.2) is 0 Å². The fraction of sp³-hybridized carbons (Fsp3) is 0.167. The second-order valence-corrected chi connectivity index (χ2v) is 6.90. The van der Waals surface area contributed by atoms with Crippen LogP contribution in [0.25, 0.3) is 10.9 Å². The number of aromatic nitrogens is 2. The highest BCUT2D eigenvalue weighted by molar-refractivity contribution is 8.00. The van der Waals surface area contributed by atoms with Crippen molar-refractivity contribution < 1.29 is 4.79 Å². The first-order valence-electron chi connectivity index (χ1n) is 7.55. The van der Waals surface area contributed by atoms with Gasteiger partial charge >= 0.3 is 0 Å². The van der Waals surface area contributed by atoms with Crippen LogP contribution in [0, 0.1) is 6.92 Å². The predicted octanol–water partition coefficient (Wildman–Crippen LogP) is 2.96. The van der Waals surface area contributed by atoms with E-state index in [0.29, 0.717) is 10.9 Å². The lowest BCUT2D eigenvalue weighted by atomic mass is 10.2. The lowest BCUT2D eigenvalue weighted by Gasteiger charge is -2.13. The van der Waals surface area contributed by atoms with Crippen molar-refractivity contribution in [2.24, 2.45) is 0 Å². The van der Waals surface area contributed by atoms with Crippen LogP contribution in [-0.2, 0) is 4.79 Å². The van der Waals surface area contributed by atoms with Crippen LogP contribution >= 0.6 is 11.8 Å². The summed E-state index contributed by atoms with van der Waals surface area (Å²) >= 11 is 1.44. The zero-order valence-electron chi connectivity index (χ0n) is 13.4. The minimum Gasteiger partial charge on any atom is -0.272 e. The van der Waals surface area contributed by atoms with Crippen LogP contribution < -0.4 is 11.0 Å². The van der Waals surface area contributed by atoms with E-state index in [1.807, 2.05) is 37.3 Å². The molecule has 0 bridgehead atoms. The third-order valence-electron chi connectivity index (χ3n) is 3.60. The Morgan fingerprint density at radius 2 is 1.88 bits per heavy atom. The Morgan fingerprint density at radius 1 is 1.17 bits per heavy atom. The third-order valence-corrected chi connectivity index (χ3v) is 4.71. The normalized spacial score (nSPS) is 12.1. The molecule has 1 unspecified atom stereocenters. The minimum atomic E-state index is -0.342. The number of benzene rings is 2. The summed E-state index contributed by atoms with van der Waals surface area (Å²) in [7, 11) is 0. The Hall–Kier alpha value is -2.60. The molecule has 1 N–H and O–H groups in total. The van der Waals surface area contributed by atoms with Gasteiger partial charge in [-0.25, -0.2) is 9.66 Å². The van der Waals surface area contributed by atoms with Gasteiger partial charge in [0, 0.05) is 4.90 Å². The number of carbonyl (C=O) groups is 1. The molecule has 1 atom stereocenters. The summed E-state index contributed by atoms with van der Waals surface area (Å²) in [6, 6.07) is 15.0. The number of fused-ring (bicyclic) bond motifs is 1. The number of para-hydroxylation sites is 1. The van der Waals surface area contributed by atoms with E-state index in [4.69, 9.17) is 0 Å². The highest BCUT2D eigenvalue weighted by Gasteiger charge is 2.15. The molecule has 122 valence electrons. The number of rotatable bonds is 4. The minimum absolute atomic E-state index is 0.250. The Labute approximate surface area is 143 Å². The predicted molar refractivity (Wildman–Crippen MR) is 96.9 cm³/mol. The second-order valence-electron chi connectivity index (χ2n) is 5.49. The lowest BCUT2D eigenvalue weighted by Crippen LogP contribution is -2.36. The molecule has 0 saturated heterocycles. The number of hydrogen-bond donors (Lipinski definition) is 1. The van der Waals surface area contributed by atoms with E-state index in [1.54, 1.807) is 25.1 Å². The summed E-state index contributed by atoms with van der Waals surface area (Å²) in [6.45, 7) is 3.82. The maximum absolute atomic E-state index is 12.4. The first kappa shape index (κ1) is 16.3. The van der Waals surface area contributed by atoms with Crippen molar-refractivity contribution in [2.75, 3.05) is 5.43 Å². The summed E-state index contributed by atoms with van der Waals surface area (Å²) in [5, 5.41) is 0.130. The smallest absolute Gasteiger partial charge is 0.272 e. The number of amides is 1. The van der Waals surface area contributed by atoms with Crippen LogP contribution in [-0.4, -0.2) is 20.8 Å². The van der Waals surface area contributed by atoms with Gasteiger partial charge in [-0.2, -0.15) is 0 Å². The molecule has 5 nitrogen and oxygen atoms in total. The summed E-state index contributed by atoms with van der Waals surface area (Å²) in [4.78, 5) is 29.9. The highest BCUT2D eigenvalue weighted by atomic mass is 32.2. The zero-order valence-corrected chi connectivity index (χ0v) is 14.2. The Morgan fingerprint density at radius 3 is 2.62 bits per heavy atom. The second kappa shape index (κ2) is 6.88. The molecule has 1 aromatic heterocycles. The molecule has 0 spiro atoms.